The maximum Gasteiger partial charge on any atom is 0.0386 e. The summed E-state index contributed by atoms with van der Waals surface area (Å²) in [5.41, 5.74) is 11.8. The summed E-state index contributed by atoms with van der Waals surface area (Å²) in [7, 11) is 0. The number of unbranched alkanes of at least 4 members (excludes halogenated alkanes) is 1. The van der Waals surface area contributed by atoms with E-state index in [1.54, 1.807) is 0 Å². The largest absolute Gasteiger partial charge is 0.324 e. The van der Waals surface area contributed by atoms with E-state index in [4.69, 9.17) is 11.1 Å². The van der Waals surface area contributed by atoms with Gasteiger partial charge in [0.2, 0.25) is 0 Å². The lowest BCUT2D eigenvalue weighted by atomic mass is 9.81. The molecule has 0 bridgehead atoms. The molecule has 0 saturated heterocycles. The quantitative estimate of drug-likeness (QED) is 0.238. The molecule has 1 unspecified atom stereocenters. The predicted octanol–water partition coefficient (Wildman–Crippen LogP) is 8.26. The molecule has 4 aromatic carbocycles. The van der Waals surface area contributed by atoms with Gasteiger partial charge in [-0.3, -0.25) is 0 Å². The fourth-order valence-corrected chi connectivity index (χ4v) is 4.45. The van der Waals surface area contributed by atoms with Gasteiger partial charge in [0.1, 0.15) is 0 Å². The van der Waals surface area contributed by atoms with Crippen molar-refractivity contribution in [1.29, 1.82) is 5.41 Å². The molecule has 4 aromatic rings. The molecule has 0 radical (unpaired) electrons. The molecule has 3 N–H and O–H groups in total. The molecule has 1 atom stereocenters. The van der Waals surface area contributed by atoms with E-state index in [1.807, 2.05) is 0 Å². The van der Waals surface area contributed by atoms with Crippen LogP contribution in [0.5, 0.6) is 0 Å². The normalized spacial score (nSPS) is 12.9. The van der Waals surface area contributed by atoms with Crippen molar-refractivity contribution >= 4 is 27.3 Å². The van der Waals surface area contributed by atoms with Crippen LogP contribution < -0.4 is 5.73 Å². The Bertz CT molecular complexity index is 1280. The zero-order chi connectivity index (χ0) is 22.9. The second-order valence-electron chi connectivity index (χ2n) is 9.96. The lowest BCUT2D eigenvalue weighted by Crippen LogP contribution is -2.26. The Balaban J connectivity index is 1.98. The summed E-state index contributed by atoms with van der Waals surface area (Å²) in [6.45, 7) is 8.71. The van der Waals surface area contributed by atoms with Gasteiger partial charge >= 0.3 is 0 Å². The van der Waals surface area contributed by atoms with Crippen LogP contribution in [0.1, 0.15) is 64.1 Å². The molecule has 4 rings (SSSR count). The van der Waals surface area contributed by atoms with Gasteiger partial charge in [0.15, 0.2) is 0 Å². The predicted molar refractivity (Wildman–Crippen MR) is 140 cm³/mol. The molecule has 0 aromatic heterocycles. The maximum absolute atomic E-state index is 8.74. The topological polar surface area (TPSA) is 49.9 Å². The first-order chi connectivity index (χ1) is 15.3. The van der Waals surface area contributed by atoms with Crippen molar-refractivity contribution in [3.05, 3.63) is 83.9 Å². The molecule has 32 heavy (non-hydrogen) atoms. The van der Waals surface area contributed by atoms with E-state index in [0.717, 1.165) is 36.0 Å². The molecule has 0 fully saturated rings. The van der Waals surface area contributed by atoms with Crippen LogP contribution in [0.4, 0.5) is 0 Å². The van der Waals surface area contributed by atoms with Gasteiger partial charge in [0.05, 0.1) is 0 Å². The van der Waals surface area contributed by atoms with Gasteiger partial charge in [-0.15, -0.1) is 0 Å². The molecule has 0 heterocycles. The van der Waals surface area contributed by atoms with E-state index in [-0.39, 0.29) is 11.5 Å². The van der Waals surface area contributed by atoms with Crippen LogP contribution in [0.3, 0.4) is 0 Å². The number of rotatable bonds is 6. The van der Waals surface area contributed by atoms with Crippen LogP contribution in [-0.2, 0) is 0 Å². The van der Waals surface area contributed by atoms with Crippen molar-refractivity contribution in [3.8, 4) is 11.1 Å². The van der Waals surface area contributed by atoms with Gasteiger partial charge < -0.3 is 11.1 Å². The highest BCUT2D eigenvalue weighted by atomic mass is 14.7. The minimum absolute atomic E-state index is 0.0625. The first-order valence-corrected chi connectivity index (χ1v) is 11.7. The summed E-state index contributed by atoms with van der Waals surface area (Å²) in [5, 5.41) is 13.7. The van der Waals surface area contributed by atoms with Gasteiger partial charge in [-0.05, 0) is 86.3 Å². The highest BCUT2D eigenvalue weighted by Crippen LogP contribution is 2.38. The summed E-state index contributed by atoms with van der Waals surface area (Å²) in [5.74, 6) is 0. The number of hydrogen-bond acceptors (Lipinski definition) is 2. The number of nitrogens with one attached hydrogen (secondary N) is 1. The van der Waals surface area contributed by atoms with E-state index in [1.165, 1.54) is 27.1 Å². The molecule has 2 heteroatoms. The first-order valence-electron chi connectivity index (χ1n) is 11.7. The fraction of sp³-hybridized carbons (Fsp3) is 0.300. The number of benzene rings is 4. The lowest BCUT2D eigenvalue weighted by Gasteiger charge is -2.28. The van der Waals surface area contributed by atoms with Crippen molar-refractivity contribution in [3.63, 3.8) is 0 Å². The van der Waals surface area contributed by atoms with Gasteiger partial charge in [-0.25, -0.2) is 0 Å². The highest BCUT2D eigenvalue weighted by Gasteiger charge is 2.24. The van der Waals surface area contributed by atoms with Crippen LogP contribution in [0.2, 0.25) is 0 Å². The van der Waals surface area contributed by atoms with E-state index in [2.05, 4.69) is 100 Å². The molecule has 0 amide bonds. The summed E-state index contributed by atoms with van der Waals surface area (Å²) >= 11 is 0. The molecule has 2 nitrogen and oxygen atoms in total. The zero-order valence-corrected chi connectivity index (χ0v) is 19.7. The van der Waals surface area contributed by atoms with Gasteiger partial charge in [-0.2, -0.15) is 0 Å². The van der Waals surface area contributed by atoms with Crippen LogP contribution in [0.15, 0.2) is 72.8 Å². The van der Waals surface area contributed by atoms with Crippen LogP contribution in [0.25, 0.3) is 32.7 Å². The second-order valence-corrected chi connectivity index (χ2v) is 9.96. The Morgan fingerprint density at radius 1 is 0.875 bits per heavy atom. The number of hydrogen-bond donors (Lipinski definition) is 2. The van der Waals surface area contributed by atoms with Crippen LogP contribution >= 0.6 is 0 Å². The number of nitrogens with two attached hydrogens (primary N) is 1. The van der Waals surface area contributed by atoms with E-state index >= 15 is 0 Å². The fourth-order valence-electron chi connectivity index (χ4n) is 4.45. The maximum atomic E-state index is 8.74. The Kier molecular flexibility index (Phi) is 6.17. The molecule has 0 aliphatic carbocycles. The average molecular weight is 423 g/mol. The Morgan fingerprint density at radius 3 is 2.22 bits per heavy atom. The Morgan fingerprint density at radius 2 is 1.53 bits per heavy atom. The monoisotopic (exact) mass is 422 g/mol. The molecule has 0 aliphatic rings. The summed E-state index contributed by atoms with van der Waals surface area (Å²) in [6.07, 6.45) is 2.91. The Labute approximate surface area is 192 Å². The number of fused-ring (bicyclic) bond motifs is 3. The summed E-state index contributed by atoms with van der Waals surface area (Å²) < 4.78 is 0. The van der Waals surface area contributed by atoms with Crippen molar-refractivity contribution in [2.45, 2.75) is 53.0 Å². The van der Waals surface area contributed by atoms with Crippen molar-refractivity contribution in [2.24, 2.45) is 11.1 Å². The molecule has 164 valence electrons. The minimum atomic E-state index is -0.105. The lowest BCUT2D eigenvalue weighted by molar-refractivity contribution is 0.327. The summed E-state index contributed by atoms with van der Waals surface area (Å²) in [6, 6.07) is 25.9. The van der Waals surface area contributed by atoms with Crippen LogP contribution in [0, 0.1) is 10.8 Å². The van der Waals surface area contributed by atoms with Gasteiger partial charge in [0, 0.05) is 11.8 Å². The standard InChI is InChI=1S/C30H34N2/c1-5-6-15-28(31)22-16-21(17-23(18-22)29(32)30(2,3)4)27-19-20-11-7-8-12-24(20)25-13-9-10-14-26(25)27/h7-14,16-19,29,31H,5-6,15,32H2,1-4H3. The molecular formula is C30H34N2. The highest BCUT2D eigenvalue weighted by molar-refractivity contribution is 6.14. The summed E-state index contributed by atoms with van der Waals surface area (Å²) in [4.78, 5) is 0. The smallest absolute Gasteiger partial charge is 0.0386 e. The Hall–Kier alpha value is -2.97. The zero-order valence-electron chi connectivity index (χ0n) is 19.7. The SMILES string of the molecule is CCCCC(=N)c1cc(-c2cc3ccccc3c3ccccc23)cc(C(N)C(C)(C)C)c1. The van der Waals surface area contributed by atoms with E-state index in [0.29, 0.717) is 5.71 Å². The van der Waals surface area contributed by atoms with Crippen molar-refractivity contribution in [1.82, 2.24) is 0 Å². The first kappa shape index (κ1) is 22.2. The van der Waals surface area contributed by atoms with Crippen molar-refractivity contribution < 1.29 is 0 Å². The molecule has 0 spiro atoms. The van der Waals surface area contributed by atoms with Gasteiger partial charge in [0.25, 0.3) is 0 Å². The van der Waals surface area contributed by atoms with Crippen molar-refractivity contribution in [2.75, 3.05) is 0 Å². The average Bonchev–Trinajstić information content (AvgIpc) is 2.80. The molecule has 0 saturated carbocycles. The minimum Gasteiger partial charge on any atom is -0.324 e. The second kappa shape index (κ2) is 8.88. The van der Waals surface area contributed by atoms with Gasteiger partial charge in [-0.1, -0.05) is 82.6 Å². The molecule has 0 aliphatic heterocycles. The third-order valence-electron chi connectivity index (χ3n) is 6.46. The third-order valence-corrected chi connectivity index (χ3v) is 6.46. The third kappa shape index (κ3) is 4.33. The van der Waals surface area contributed by atoms with E-state index < -0.39 is 0 Å². The van der Waals surface area contributed by atoms with E-state index in [9.17, 15) is 0 Å². The molecular weight excluding hydrogens is 388 g/mol. The van der Waals surface area contributed by atoms with Crippen LogP contribution in [-0.4, -0.2) is 5.71 Å².